The Kier molecular flexibility index (Phi) is 4.70. The number of rotatable bonds is 6. The molecule has 1 aliphatic rings. The van der Waals surface area contributed by atoms with Crippen molar-refractivity contribution in [2.75, 3.05) is 5.32 Å². The van der Waals surface area contributed by atoms with Crippen molar-refractivity contribution in [1.29, 1.82) is 0 Å². The number of amides is 1. The molecule has 1 saturated carbocycles. The molecule has 29 heavy (non-hydrogen) atoms. The normalized spacial score (nSPS) is 13.9. The van der Waals surface area contributed by atoms with E-state index in [0.717, 1.165) is 24.2 Å². The lowest BCUT2D eigenvalue weighted by molar-refractivity contribution is -0.142. The summed E-state index contributed by atoms with van der Waals surface area (Å²) in [6.45, 7) is 3.31. The average Bonchev–Trinajstić information content (AvgIpc) is 3.47. The molecular formula is C23H23N3O3. The molecule has 0 spiro atoms. The minimum Gasteiger partial charge on any atom is -0.481 e. The van der Waals surface area contributed by atoms with Crippen LogP contribution in [-0.2, 0) is 10.2 Å². The highest BCUT2D eigenvalue weighted by Gasteiger charge is 2.30. The van der Waals surface area contributed by atoms with Crippen molar-refractivity contribution in [1.82, 2.24) is 9.78 Å². The van der Waals surface area contributed by atoms with E-state index < -0.39 is 11.4 Å². The van der Waals surface area contributed by atoms with Crippen LogP contribution in [0.3, 0.4) is 0 Å². The lowest BCUT2D eigenvalue weighted by Crippen LogP contribution is -2.28. The molecule has 0 radical (unpaired) electrons. The number of aromatic nitrogens is 2. The van der Waals surface area contributed by atoms with Gasteiger partial charge in [-0.1, -0.05) is 30.3 Å². The molecule has 1 aromatic heterocycles. The van der Waals surface area contributed by atoms with Gasteiger partial charge < -0.3 is 10.4 Å². The summed E-state index contributed by atoms with van der Waals surface area (Å²) >= 11 is 0. The van der Waals surface area contributed by atoms with E-state index in [-0.39, 0.29) is 5.91 Å². The third-order valence-corrected chi connectivity index (χ3v) is 5.36. The maximum absolute atomic E-state index is 13.0. The predicted octanol–water partition coefficient (Wildman–Crippen LogP) is 4.36. The molecule has 1 amide bonds. The maximum Gasteiger partial charge on any atom is 0.313 e. The fourth-order valence-electron chi connectivity index (χ4n) is 3.19. The smallest absolute Gasteiger partial charge is 0.313 e. The van der Waals surface area contributed by atoms with Crippen LogP contribution in [-0.4, -0.2) is 26.8 Å². The highest BCUT2D eigenvalue weighted by Crippen LogP contribution is 2.39. The second kappa shape index (κ2) is 7.20. The SMILES string of the molecule is CC(C)(C(=O)O)c1ccc(NC(=O)c2cc(C3CC3)nn2-c2ccccc2)cc1. The summed E-state index contributed by atoms with van der Waals surface area (Å²) < 4.78 is 1.69. The van der Waals surface area contributed by atoms with Gasteiger partial charge in [0.25, 0.3) is 5.91 Å². The topological polar surface area (TPSA) is 84.2 Å². The van der Waals surface area contributed by atoms with Gasteiger partial charge in [-0.25, -0.2) is 4.68 Å². The van der Waals surface area contributed by atoms with Gasteiger partial charge in [0, 0.05) is 11.6 Å². The molecular weight excluding hydrogens is 366 g/mol. The second-order valence-electron chi connectivity index (χ2n) is 7.94. The Morgan fingerprint density at radius 3 is 2.31 bits per heavy atom. The van der Waals surface area contributed by atoms with Gasteiger partial charge in [-0.15, -0.1) is 0 Å². The fourth-order valence-corrected chi connectivity index (χ4v) is 3.19. The van der Waals surface area contributed by atoms with Crippen molar-refractivity contribution < 1.29 is 14.7 Å². The Hall–Kier alpha value is -3.41. The van der Waals surface area contributed by atoms with E-state index in [9.17, 15) is 14.7 Å². The highest BCUT2D eigenvalue weighted by molar-refractivity contribution is 6.03. The van der Waals surface area contributed by atoms with E-state index in [0.29, 0.717) is 22.9 Å². The Morgan fingerprint density at radius 1 is 1.07 bits per heavy atom. The largest absolute Gasteiger partial charge is 0.481 e. The molecule has 6 heteroatoms. The van der Waals surface area contributed by atoms with E-state index in [1.807, 2.05) is 36.4 Å². The minimum absolute atomic E-state index is 0.251. The van der Waals surface area contributed by atoms with Crippen molar-refractivity contribution >= 4 is 17.6 Å². The summed E-state index contributed by atoms with van der Waals surface area (Å²) in [5.74, 6) is -0.712. The number of aliphatic carboxylic acids is 1. The van der Waals surface area contributed by atoms with Crippen LogP contribution < -0.4 is 5.32 Å². The van der Waals surface area contributed by atoms with Gasteiger partial charge in [-0.3, -0.25) is 9.59 Å². The van der Waals surface area contributed by atoms with Crippen LogP contribution in [0.25, 0.3) is 5.69 Å². The molecule has 0 saturated heterocycles. The van der Waals surface area contributed by atoms with Gasteiger partial charge in [0.1, 0.15) is 5.69 Å². The van der Waals surface area contributed by atoms with E-state index in [1.165, 1.54) is 0 Å². The van der Waals surface area contributed by atoms with Gasteiger partial charge >= 0.3 is 5.97 Å². The molecule has 2 aromatic carbocycles. The average molecular weight is 389 g/mol. The molecule has 4 rings (SSSR count). The summed E-state index contributed by atoms with van der Waals surface area (Å²) in [4.78, 5) is 24.4. The van der Waals surface area contributed by atoms with Crippen molar-refractivity contribution in [2.45, 2.75) is 38.0 Å². The lowest BCUT2D eigenvalue weighted by Gasteiger charge is -2.19. The molecule has 6 nitrogen and oxygen atoms in total. The number of carbonyl (C=O) groups excluding carboxylic acids is 1. The third-order valence-electron chi connectivity index (χ3n) is 5.36. The Balaban J connectivity index is 1.60. The van der Waals surface area contributed by atoms with Crippen LogP contribution >= 0.6 is 0 Å². The fraction of sp³-hybridized carbons (Fsp3) is 0.261. The van der Waals surface area contributed by atoms with Gasteiger partial charge in [0.15, 0.2) is 0 Å². The molecule has 0 unspecified atom stereocenters. The first-order valence-electron chi connectivity index (χ1n) is 9.67. The maximum atomic E-state index is 13.0. The Bertz CT molecular complexity index is 1050. The van der Waals surface area contributed by atoms with Gasteiger partial charge in [-0.2, -0.15) is 5.10 Å². The number of benzene rings is 2. The number of hydrogen-bond acceptors (Lipinski definition) is 3. The Morgan fingerprint density at radius 2 is 1.72 bits per heavy atom. The summed E-state index contributed by atoms with van der Waals surface area (Å²) in [5.41, 5.74) is 2.55. The molecule has 148 valence electrons. The van der Waals surface area contributed by atoms with Crippen LogP contribution in [0.4, 0.5) is 5.69 Å². The molecule has 0 atom stereocenters. The van der Waals surface area contributed by atoms with Crippen molar-refractivity contribution in [3.05, 3.63) is 77.6 Å². The van der Waals surface area contributed by atoms with Gasteiger partial charge in [-0.05, 0) is 62.6 Å². The number of nitrogens with zero attached hydrogens (tertiary/aromatic N) is 2. The van der Waals surface area contributed by atoms with E-state index >= 15 is 0 Å². The number of anilines is 1. The minimum atomic E-state index is -0.992. The molecule has 2 N–H and O–H groups in total. The van der Waals surface area contributed by atoms with Crippen molar-refractivity contribution in [2.24, 2.45) is 0 Å². The first-order chi connectivity index (χ1) is 13.9. The molecule has 0 aliphatic heterocycles. The standard InChI is InChI=1S/C23H23N3O3/c1-23(2,22(28)29)16-10-12-17(13-11-16)24-21(27)20-14-19(15-8-9-15)25-26(20)18-6-4-3-5-7-18/h3-7,10-15H,8-9H2,1-2H3,(H,24,27)(H,28,29). The molecule has 1 fully saturated rings. The first kappa shape index (κ1) is 18.9. The highest BCUT2D eigenvalue weighted by atomic mass is 16.4. The number of carboxylic acid groups (broad SMARTS) is 1. The number of nitrogens with one attached hydrogen (secondary N) is 1. The van der Waals surface area contributed by atoms with Crippen molar-refractivity contribution in [3.8, 4) is 5.69 Å². The van der Waals surface area contributed by atoms with E-state index in [1.54, 1.807) is 42.8 Å². The molecule has 1 aliphatic carbocycles. The third kappa shape index (κ3) is 3.78. The summed E-state index contributed by atoms with van der Waals surface area (Å²) in [6.07, 6.45) is 2.21. The zero-order valence-corrected chi connectivity index (χ0v) is 16.4. The number of para-hydroxylation sites is 1. The van der Waals surface area contributed by atoms with Gasteiger partial charge in [0.05, 0.1) is 16.8 Å². The zero-order valence-electron chi connectivity index (χ0n) is 16.4. The van der Waals surface area contributed by atoms with Crippen molar-refractivity contribution in [3.63, 3.8) is 0 Å². The van der Waals surface area contributed by atoms with Crippen LogP contribution in [0, 0.1) is 0 Å². The Labute approximate surface area is 169 Å². The van der Waals surface area contributed by atoms with Crippen LogP contribution in [0.1, 0.15) is 54.4 Å². The lowest BCUT2D eigenvalue weighted by atomic mass is 9.85. The number of carboxylic acids is 1. The molecule has 1 heterocycles. The van der Waals surface area contributed by atoms with Crippen LogP contribution in [0.5, 0.6) is 0 Å². The first-order valence-corrected chi connectivity index (χ1v) is 9.67. The summed E-state index contributed by atoms with van der Waals surface area (Å²) in [6, 6.07) is 18.4. The zero-order chi connectivity index (χ0) is 20.6. The van der Waals surface area contributed by atoms with E-state index in [2.05, 4.69) is 10.4 Å². The number of hydrogen-bond donors (Lipinski definition) is 2. The van der Waals surface area contributed by atoms with E-state index in [4.69, 9.17) is 0 Å². The second-order valence-corrected chi connectivity index (χ2v) is 7.94. The monoisotopic (exact) mass is 389 g/mol. The molecule has 0 bridgehead atoms. The number of carbonyl (C=O) groups is 2. The van der Waals surface area contributed by atoms with Crippen LogP contribution in [0.15, 0.2) is 60.7 Å². The summed E-state index contributed by atoms with van der Waals surface area (Å²) in [5, 5.41) is 16.9. The van der Waals surface area contributed by atoms with Gasteiger partial charge in [0.2, 0.25) is 0 Å². The predicted molar refractivity (Wildman–Crippen MR) is 111 cm³/mol. The quantitative estimate of drug-likeness (QED) is 0.656. The molecule has 3 aromatic rings. The summed E-state index contributed by atoms with van der Waals surface area (Å²) in [7, 11) is 0. The van der Waals surface area contributed by atoms with Crippen LogP contribution in [0.2, 0.25) is 0 Å².